The van der Waals surface area contributed by atoms with Crippen LogP contribution >= 0.6 is 0 Å². The van der Waals surface area contributed by atoms with E-state index in [0.717, 1.165) is 0 Å². The van der Waals surface area contributed by atoms with Gasteiger partial charge in [-0.1, -0.05) is 12.1 Å². The number of anilines is 1. The Bertz CT molecular complexity index is 738. The molecular formula is C16H15FN2O4. The zero-order valence-corrected chi connectivity index (χ0v) is 12.2. The van der Waals surface area contributed by atoms with Gasteiger partial charge in [0.1, 0.15) is 18.2 Å². The lowest BCUT2D eigenvalue weighted by atomic mass is 10.1. The molecule has 3 rings (SSSR count). The maximum Gasteiger partial charge on any atom is 0.269 e. The summed E-state index contributed by atoms with van der Waals surface area (Å²) in [5, 5.41) is 21.2. The Kier molecular flexibility index (Phi) is 4.12. The number of nitrogens with zero attached hydrogens (tertiary/aromatic N) is 2. The van der Waals surface area contributed by atoms with Gasteiger partial charge < -0.3 is 14.7 Å². The van der Waals surface area contributed by atoms with Crippen molar-refractivity contribution < 1.29 is 19.2 Å². The number of fused-ring (bicyclic) bond motifs is 1. The van der Waals surface area contributed by atoms with Gasteiger partial charge in [0.05, 0.1) is 23.3 Å². The second kappa shape index (κ2) is 6.21. The molecule has 0 bridgehead atoms. The number of hydrogen-bond donors (Lipinski definition) is 1. The van der Waals surface area contributed by atoms with E-state index >= 15 is 0 Å². The maximum absolute atomic E-state index is 13.5. The summed E-state index contributed by atoms with van der Waals surface area (Å²) in [5.41, 5.74) is 0.944. The monoisotopic (exact) mass is 318 g/mol. The van der Waals surface area contributed by atoms with E-state index in [0.29, 0.717) is 30.2 Å². The first-order valence-electron chi connectivity index (χ1n) is 7.14. The topological polar surface area (TPSA) is 75.8 Å². The molecule has 1 aliphatic heterocycles. The SMILES string of the molecule is O=[N+]([O-])c1cccc(C(O)CN2CCOc3ccc(F)cc32)c1. The molecule has 2 aromatic carbocycles. The van der Waals surface area contributed by atoms with Crippen molar-refractivity contribution in [3.63, 3.8) is 0 Å². The Morgan fingerprint density at radius 2 is 2.17 bits per heavy atom. The third-order valence-corrected chi connectivity index (χ3v) is 3.74. The van der Waals surface area contributed by atoms with E-state index in [4.69, 9.17) is 4.74 Å². The largest absolute Gasteiger partial charge is 0.490 e. The van der Waals surface area contributed by atoms with E-state index in [-0.39, 0.29) is 18.0 Å². The first-order chi connectivity index (χ1) is 11.0. The number of hydrogen-bond acceptors (Lipinski definition) is 5. The molecule has 1 N–H and O–H groups in total. The normalized spacial score (nSPS) is 14.8. The van der Waals surface area contributed by atoms with Crippen molar-refractivity contribution in [2.75, 3.05) is 24.6 Å². The third kappa shape index (κ3) is 3.24. The van der Waals surface area contributed by atoms with E-state index in [1.807, 2.05) is 4.90 Å². The van der Waals surface area contributed by atoms with Crippen molar-refractivity contribution in [1.29, 1.82) is 0 Å². The zero-order valence-electron chi connectivity index (χ0n) is 12.2. The van der Waals surface area contributed by atoms with Gasteiger partial charge >= 0.3 is 0 Å². The molecule has 0 saturated heterocycles. The number of benzene rings is 2. The summed E-state index contributed by atoms with van der Waals surface area (Å²) in [6.45, 7) is 1.13. The van der Waals surface area contributed by atoms with Gasteiger partial charge in [-0.05, 0) is 17.7 Å². The fourth-order valence-corrected chi connectivity index (χ4v) is 2.60. The van der Waals surface area contributed by atoms with Crippen LogP contribution in [0.15, 0.2) is 42.5 Å². The van der Waals surface area contributed by atoms with Crippen LogP contribution in [0.4, 0.5) is 15.8 Å². The zero-order chi connectivity index (χ0) is 16.4. The molecule has 0 radical (unpaired) electrons. The highest BCUT2D eigenvalue weighted by Crippen LogP contribution is 2.33. The number of non-ortho nitro benzene ring substituents is 1. The highest BCUT2D eigenvalue weighted by Gasteiger charge is 2.22. The molecule has 23 heavy (non-hydrogen) atoms. The van der Waals surface area contributed by atoms with Crippen LogP contribution in [0.2, 0.25) is 0 Å². The molecule has 0 amide bonds. The maximum atomic E-state index is 13.5. The molecule has 2 aromatic rings. The minimum Gasteiger partial charge on any atom is -0.490 e. The Labute approximate surface area is 131 Å². The highest BCUT2D eigenvalue weighted by molar-refractivity contribution is 5.60. The number of aliphatic hydroxyl groups is 1. The van der Waals surface area contributed by atoms with Crippen LogP contribution in [0.1, 0.15) is 11.7 Å². The number of rotatable bonds is 4. The number of nitro benzene ring substituents is 1. The van der Waals surface area contributed by atoms with Crippen molar-refractivity contribution in [3.05, 3.63) is 64.0 Å². The fourth-order valence-electron chi connectivity index (χ4n) is 2.60. The minimum absolute atomic E-state index is 0.0741. The summed E-state index contributed by atoms with van der Waals surface area (Å²) in [5.74, 6) is 0.174. The Morgan fingerprint density at radius 1 is 1.35 bits per heavy atom. The van der Waals surface area contributed by atoms with Gasteiger partial charge in [-0.15, -0.1) is 0 Å². The Balaban J connectivity index is 1.81. The smallest absolute Gasteiger partial charge is 0.269 e. The molecule has 1 atom stereocenters. The van der Waals surface area contributed by atoms with Crippen LogP contribution in [-0.4, -0.2) is 29.7 Å². The van der Waals surface area contributed by atoms with Gasteiger partial charge in [0.15, 0.2) is 0 Å². The Morgan fingerprint density at radius 3 is 2.96 bits per heavy atom. The van der Waals surface area contributed by atoms with Crippen LogP contribution < -0.4 is 9.64 Å². The lowest BCUT2D eigenvalue weighted by molar-refractivity contribution is -0.385. The predicted molar refractivity (Wildman–Crippen MR) is 82.2 cm³/mol. The number of halogens is 1. The molecule has 7 heteroatoms. The summed E-state index contributed by atoms with van der Waals surface area (Å²) in [6, 6.07) is 10.1. The van der Waals surface area contributed by atoms with E-state index in [1.54, 1.807) is 12.1 Å². The predicted octanol–water partition coefficient (Wildman–Crippen LogP) is 2.67. The summed E-state index contributed by atoms with van der Waals surface area (Å²) < 4.78 is 18.9. The standard InChI is InChI=1S/C16H15FN2O4/c17-12-4-5-16-14(9-12)18(6-7-23-16)10-15(20)11-2-1-3-13(8-11)19(21)22/h1-5,8-9,15,20H,6-7,10H2. The number of ether oxygens (including phenoxy) is 1. The summed E-state index contributed by atoms with van der Waals surface area (Å²) in [6.07, 6.45) is -0.927. The lowest BCUT2D eigenvalue weighted by Crippen LogP contribution is -2.36. The summed E-state index contributed by atoms with van der Waals surface area (Å²) >= 11 is 0. The van der Waals surface area contributed by atoms with Gasteiger partial charge in [0.25, 0.3) is 5.69 Å². The van der Waals surface area contributed by atoms with Crippen LogP contribution in [0.25, 0.3) is 0 Å². The third-order valence-electron chi connectivity index (χ3n) is 3.74. The number of β-amino-alcohol motifs (C(OH)–C–C–N with tert-alkyl or cyclic N) is 1. The van der Waals surface area contributed by atoms with Crippen molar-refractivity contribution in [2.24, 2.45) is 0 Å². The van der Waals surface area contributed by atoms with Crippen molar-refractivity contribution in [1.82, 2.24) is 0 Å². The quantitative estimate of drug-likeness (QED) is 0.693. The average Bonchev–Trinajstić information content (AvgIpc) is 2.55. The van der Waals surface area contributed by atoms with Gasteiger partial charge in [0.2, 0.25) is 0 Å². The van der Waals surface area contributed by atoms with Crippen molar-refractivity contribution >= 4 is 11.4 Å². The second-order valence-electron chi connectivity index (χ2n) is 5.27. The van der Waals surface area contributed by atoms with Gasteiger partial charge in [-0.3, -0.25) is 10.1 Å². The minimum atomic E-state index is -0.927. The summed E-state index contributed by atoms with van der Waals surface area (Å²) in [4.78, 5) is 12.1. The molecule has 1 heterocycles. The second-order valence-corrected chi connectivity index (χ2v) is 5.27. The molecular weight excluding hydrogens is 303 g/mol. The Hall–Kier alpha value is -2.67. The molecule has 0 aliphatic carbocycles. The molecule has 1 unspecified atom stereocenters. The first kappa shape index (κ1) is 15.2. The molecule has 0 aromatic heterocycles. The fraction of sp³-hybridized carbons (Fsp3) is 0.250. The molecule has 120 valence electrons. The van der Waals surface area contributed by atoms with E-state index in [1.165, 1.54) is 30.3 Å². The van der Waals surface area contributed by atoms with E-state index < -0.39 is 11.0 Å². The number of nitro groups is 1. The molecule has 0 spiro atoms. The lowest BCUT2D eigenvalue weighted by Gasteiger charge is -2.32. The first-order valence-corrected chi connectivity index (χ1v) is 7.14. The van der Waals surface area contributed by atoms with Crippen LogP contribution in [0.3, 0.4) is 0 Å². The van der Waals surface area contributed by atoms with Crippen LogP contribution in [0, 0.1) is 15.9 Å². The molecule has 0 saturated carbocycles. The average molecular weight is 318 g/mol. The molecule has 1 aliphatic rings. The molecule has 6 nitrogen and oxygen atoms in total. The van der Waals surface area contributed by atoms with Gasteiger partial charge in [-0.2, -0.15) is 0 Å². The number of aliphatic hydroxyl groups excluding tert-OH is 1. The van der Waals surface area contributed by atoms with Crippen LogP contribution in [0.5, 0.6) is 5.75 Å². The molecule has 0 fully saturated rings. The van der Waals surface area contributed by atoms with Gasteiger partial charge in [-0.25, -0.2) is 4.39 Å². The van der Waals surface area contributed by atoms with Gasteiger partial charge in [0, 0.05) is 24.7 Å². The van der Waals surface area contributed by atoms with Crippen LogP contribution in [-0.2, 0) is 0 Å². The van der Waals surface area contributed by atoms with E-state index in [9.17, 15) is 19.6 Å². The van der Waals surface area contributed by atoms with Crippen molar-refractivity contribution in [2.45, 2.75) is 6.10 Å². The van der Waals surface area contributed by atoms with Crippen molar-refractivity contribution in [3.8, 4) is 5.75 Å². The highest BCUT2D eigenvalue weighted by atomic mass is 19.1. The van der Waals surface area contributed by atoms with E-state index in [2.05, 4.69) is 0 Å². The summed E-state index contributed by atoms with van der Waals surface area (Å²) in [7, 11) is 0.